The van der Waals surface area contributed by atoms with E-state index in [1.54, 1.807) is 12.1 Å². The summed E-state index contributed by atoms with van der Waals surface area (Å²) in [5.74, 6) is -0.929. The van der Waals surface area contributed by atoms with Gasteiger partial charge in [-0.15, -0.1) is 29.6 Å². The van der Waals surface area contributed by atoms with Crippen LogP contribution in [0, 0.1) is 6.92 Å². The van der Waals surface area contributed by atoms with Crippen molar-refractivity contribution in [3.63, 3.8) is 0 Å². The number of ketones is 1. The number of carbonyl (C=O) groups is 2. The van der Waals surface area contributed by atoms with Gasteiger partial charge in [0.15, 0.2) is 28.9 Å². The smallest absolute Gasteiger partial charge is 0.440 e. The van der Waals surface area contributed by atoms with Crippen LogP contribution in [0.15, 0.2) is 47.0 Å². The number of amides is 1. The third-order valence-corrected chi connectivity index (χ3v) is 5.53. The maximum absolute atomic E-state index is 12.8. The van der Waals surface area contributed by atoms with E-state index in [0.29, 0.717) is 11.4 Å². The average molecular weight is 491 g/mol. The molecule has 3 aromatic heterocycles. The van der Waals surface area contributed by atoms with Crippen LogP contribution in [0.2, 0.25) is 0 Å². The van der Waals surface area contributed by atoms with Crippen molar-refractivity contribution >= 4 is 28.8 Å². The van der Waals surface area contributed by atoms with Crippen molar-refractivity contribution < 1.29 is 31.9 Å². The van der Waals surface area contributed by atoms with Crippen LogP contribution in [-0.4, -0.2) is 38.0 Å². The summed E-state index contributed by atoms with van der Waals surface area (Å²) in [6.07, 6.45) is -3.53. The Morgan fingerprint density at radius 2 is 2.03 bits per heavy atom. The van der Waals surface area contributed by atoms with E-state index < -0.39 is 18.0 Å². The molecule has 9 nitrogen and oxygen atoms in total. The van der Waals surface area contributed by atoms with Gasteiger partial charge in [-0.3, -0.25) is 9.59 Å². The van der Waals surface area contributed by atoms with Gasteiger partial charge in [0.2, 0.25) is 0 Å². The monoisotopic (exact) mass is 491 g/mol. The Bertz CT molecular complexity index is 1360. The van der Waals surface area contributed by atoms with Crippen LogP contribution in [-0.2, 0) is 6.54 Å². The molecule has 13 heteroatoms. The van der Waals surface area contributed by atoms with Crippen LogP contribution >= 0.6 is 11.3 Å². The molecule has 0 fully saturated rings. The Kier molecular flexibility index (Phi) is 6.20. The van der Waals surface area contributed by atoms with Gasteiger partial charge in [-0.2, -0.15) is 9.90 Å². The summed E-state index contributed by atoms with van der Waals surface area (Å²) in [5.41, 5.74) is 0.0377. The highest BCUT2D eigenvalue weighted by Crippen LogP contribution is 2.31. The Balaban J connectivity index is 1.51. The molecular formula is C21H16F3N5O4S. The first-order chi connectivity index (χ1) is 16.1. The number of hydrogen-bond acceptors (Lipinski definition) is 8. The number of alkyl halides is 3. The standard InChI is InChI=1S/C21H16F3N5O4S/c1-11(30)16-7-6-15(34-16)10-29-25-9-17(28-29)27-20(31)18-19(32-12(2)26-18)13-4-3-5-14(8-13)33-21(22,23)24/h3-9H,10H2,1-2H3,(H,27,28,31). The topological polar surface area (TPSA) is 112 Å². The molecule has 0 unspecified atom stereocenters. The minimum absolute atomic E-state index is 0.0228. The zero-order valence-corrected chi connectivity index (χ0v) is 18.5. The summed E-state index contributed by atoms with van der Waals surface area (Å²) in [7, 11) is 0. The zero-order valence-electron chi connectivity index (χ0n) is 17.7. The van der Waals surface area contributed by atoms with Gasteiger partial charge in [0.05, 0.1) is 17.6 Å². The number of ether oxygens (including phenoxy) is 1. The fourth-order valence-corrected chi connectivity index (χ4v) is 3.89. The van der Waals surface area contributed by atoms with Crippen LogP contribution in [0.25, 0.3) is 11.3 Å². The number of thiophene rings is 1. The molecule has 1 amide bonds. The van der Waals surface area contributed by atoms with Gasteiger partial charge in [-0.25, -0.2) is 4.98 Å². The molecule has 3 heterocycles. The number of halogens is 3. The molecule has 0 spiro atoms. The number of nitrogens with zero attached hydrogens (tertiary/aromatic N) is 4. The average Bonchev–Trinajstić information content (AvgIpc) is 3.47. The summed E-state index contributed by atoms with van der Waals surface area (Å²) >= 11 is 1.32. The van der Waals surface area contributed by atoms with Crippen LogP contribution in [0.3, 0.4) is 0 Å². The molecule has 4 rings (SSSR count). The number of nitrogens with one attached hydrogen (secondary N) is 1. The maximum Gasteiger partial charge on any atom is 0.573 e. The first kappa shape index (κ1) is 23.2. The fourth-order valence-electron chi connectivity index (χ4n) is 3.01. The van der Waals surface area contributed by atoms with E-state index >= 15 is 0 Å². The van der Waals surface area contributed by atoms with Gasteiger partial charge < -0.3 is 14.5 Å². The van der Waals surface area contributed by atoms with Gasteiger partial charge in [-0.05, 0) is 31.2 Å². The summed E-state index contributed by atoms with van der Waals surface area (Å²) in [4.78, 5) is 31.1. The molecule has 1 N–H and O–H groups in total. The summed E-state index contributed by atoms with van der Waals surface area (Å²) in [5, 5.41) is 10.8. The molecule has 4 aromatic rings. The molecule has 0 radical (unpaired) electrons. The fraction of sp³-hybridized carbons (Fsp3) is 0.190. The highest BCUT2D eigenvalue weighted by molar-refractivity contribution is 7.14. The van der Waals surface area contributed by atoms with Crippen molar-refractivity contribution in [2.75, 3.05) is 5.32 Å². The molecule has 1 aromatic carbocycles. The van der Waals surface area contributed by atoms with Crippen molar-refractivity contribution in [3.05, 3.63) is 63.9 Å². The largest absolute Gasteiger partial charge is 0.573 e. The predicted molar refractivity (Wildman–Crippen MR) is 115 cm³/mol. The van der Waals surface area contributed by atoms with Gasteiger partial charge in [0.25, 0.3) is 5.91 Å². The number of carbonyl (C=O) groups excluding carboxylic acids is 2. The van der Waals surface area contributed by atoms with Crippen LogP contribution in [0.4, 0.5) is 19.0 Å². The molecule has 0 saturated heterocycles. The van der Waals surface area contributed by atoms with E-state index in [2.05, 4.69) is 25.2 Å². The van der Waals surface area contributed by atoms with E-state index in [-0.39, 0.29) is 34.5 Å². The molecule has 176 valence electrons. The summed E-state index contributed by atoms with van der Waals surface area (Å²) in [6.45, 7) is 3.28. The lowest BCUT2D eigenvalue weighted by Crippen LogP contribution is -2.17. The predicted octanol–water partition coefficient (Wildman–Crippen LogP) is 4.70. The highest BCUT2D eigenvalue weighted by Gasteiger charge is 2.31. The van der Waals surface area contributed by atoms with Crippen LogP contribution in [0.5, 0.6) is 5.75 Å². The van der Waals surface area contributed by atoms with Crippen molar-refractivity contribution in [2.24, 2.45) is 0 Å². The number of anilines is 1. The van der Waals surface area contributed by atoms with E-state index in [1.807, 2.05) is 0 Å². The summed E-state index contributed by atoms with van der Waals surface area (Å²) in [6, 6.07) is 8.54. The normalized spacial score (nSPS) is 11.4. The van der Waals surface area contributed by atoms with Gasteiger partial charge in [0.1, 0.15) is 5.75 Å². The van der Waals surface area contributed by atoms with Crippen molar-refractivity contribution in [2.45, 2.75) is 26.8 Å². The van der Waals surface area contributed by atoms with Gasteiger partial charge >= 0.3 is 6.36 Å². The van der Waals surface area contributed by atoms with E-state index in [9.17, 15) is 22.8 Å². The van der Waals surface area contributed by atoms with Gasteiger partial charge in [0, 0.05) is 17.4 Å². The van der Waals surface area contributed by atoms with Crippen molar-refractivity contribution in [3.8, 4) is 17.1 Å². The lowest BCUT2D eigenvalue weighted by atomic mass is 10.1. The molecule has 0 aliphatic carbocycles. The third kappa shape index (κ3) is 5.49. The second-order valence-corrected chi connectivity index (χ2v) is 8.19. The van der Waals surface area contributed by atoms with E-state index in [4.69, 9.17) is 4.42 Å². The van der Waals surface area contributed by atoms with Crippen LogP contribution < -0.4 is 10.1 Å². The molecule has 34 heavy (non-hydrogen) atoms. The van der Waals surface area contributed by atoms with Gasteiger partial charge in [-0.1, -0.05) is 12.1 Å². The molecule has 0 aliphatic heterocycles. The minimum Gasteiger partial charge on any atom is -0.440 e. The zero-order chi connectivity index (χ0) is 24.5. The second-order valence-electron chi connectivity index (χ2n) is 7.02. The number of hydrogen-bond donors (Lipinski definition) is 1. The number of Topliss-reactive ketones (excluding diaryl/α,β-unsaturated/α-hetero) is 1. The van der Waals surface area contributed by atoms with E-state index in [1.165, 1.54) is 48.3 Å². The Morgan fingerprint density at radius 1 is 1.24 bits per heavy atom. The Hall–Kier alpha value is -4.00. The van der Waals surface area contributed by atoms with Crippen LogP contribution in [0.1, 0.15) is 37.9 Å². The molecule has 0 aliphatic rings. The number of oxazole rings is 1. The lowest BCUT2D eigenvalue weighted by Gasteiger charge is -2.09. The van der Waals surface area contributed by atoms with Crippen molar-refractivity contribution in [1.82, 2.24) is 20.0 Å². The maximum atomic E-state index is 12.8. The first-order valence-corrected chi connectivity index (χ1v) is 10.5. The SMILES string of the molecule is CC(=O)c1ccc(Cn2ncc(NC(=O)c3nc(C)oc3-c3cccc(OC(F)(F)F)c3)n2)s1. The molecule has 0 saturated carbocycles. The first-order valence-electron chi connectivity index (χ1n) is 9.72. The molecule has 0 bridgehead atoms. The number of aromatic nitrogens is 4. The van der Waals surface area contributed by atoms with E-state index in [0.717, 1.165) is 17.0 Å². The minimum atomic E-state index is -4.86. The third-order valence-electron chi connectivity index (χ3n) is 4.36. The number of benzene rings is 1. The second kappa shape index (κ2) is 9.09. The molecular weight excluding hydrogens is 475 g/mol. The molecule has 0 atom stereocenters. The summed E-state index contributed by atoms with van der Waals surface area (Å²) < 4.78 is 47.1. The lowest BCUT2D eigenvalue weighted by molar-refractivity contribution is -0.274. The highest BCUT2D eigenvalue weighted by atomic mass is 32.1. The number of rotatable bonds is 7. The van der Waals surface area contributed by atoms with Crippen molar-refractivity contribution in [1.29, 1.82) is 0 Å². The quantitative estimate of drug-likeness (QED) is 0.373. The number of aryl methyl sites for hydroxylation is 1. The Labute approximate surface area is 194 Å². The Morgan fingerprint density at radius 3 is 2.74 bits per heavy atom.